The van der Waals surface area contributed by atoms with Gasteiger partial charge in [-0.05, 0) is 54.8 Å². The van der Waals surface area contributed by atoms with Gasteiger partial charge in [0.25, 0.3) is 11.8 Å². The summed E-state index contributed by atoms with van der Waals surface area (Å²) in [7, 11) is 0. The molecule has 5 N–H and O–H groups in total. The highest BCUT2D eigenvalue weighted by Crippen LogP contribution is 2.28. The van der Waals surface area contributed by atoms with E-state index in [4.69, 9.17) is 15.9 Å². The third-order valence-corrected chi connectivity index (χ3v) is 5.07. The highest BCUT2D eigenvalue weighted by atomic mass is 16.5. The maximum Gasteiger partial charge on any atom is 0.255 e. The minimum atomic E-state index is -0.390. The molecule has 0 saturated heterocycles. The summed E-state index contributed by atoms with van der Waals surface area (Å²) >= 11 is 0. The van der Waals surface area contributed by atoms with E-state index in [2.05, 4.69) is 24.5 Å². The third-order valence-electron chi connectivity index (χ3n) is 5.07. The molecule has 3 rings (SSSR count). The molecule has 0 unspecified atom stereocenters. The van der Waals surface area contributed by atoms with Gasteiger partial charge in [0.1, 0.15) is 11.6 Å². The number of benzene rings is 3. The maximum absolute atomic E-state index is 12.9. The van der Waals surface area contributed by atoms with Crippen LogP contribution in [0.4, 0.5) is 11.4 Å². The molecule has 7 heteroatoms. The van der Waals surface area contributed by atoms with Gasteiger partial charge in [0.2, 0.25) is 0 Å². The normalized spacial score (nSPS) is 10.5. The quantitative estimate of drug-likeness (QED) is 0.289. The van der Waals surface area contributed by atoms with E-state index in [-0.39, 0.29) is 17.6 Å². The summed E-state index contributed by atoms with van der Waals surface area (Å²) < 4.78 is 5.56. The first kappa shape index (κ1) is 23.5. The van der Waals surface area contributed by atoms with Crippen molar-refractivity contribution in [1.29, 1.82) is 5.41 Å². The number of ether oxygens (including phenoxy) is 1. The topological polar surface area (TPSA) is 117 Å². The van der Waals surface area contributed by atoms with Crippen LogP contribution in [0.25, 0.3) is 0 Å². The Bertz CT molecular complexity index is 1170. The molecule has 0 aliphatic heterocycles. The van der Waals surface area contributed by atoms with E-state index in [1.165, 1.54) is 0 Å². The van der Waals surface area contributed by atoms with Crippen LogP contribution < -0.4 is 21.1 Å². The van der Waals surface area contributed by atoms with E-state index in [0.29, 0.717) is 46.3 Å². The van der Waals surface area contributed by atoms with Gasteiger partial charge in [-0.15, -0.1) is 0 Å². The first-order valence-electron chi connectivity index (χ1n) is 10.7. The van der Waals surface area contributed by atoms with E-state index in [1.807, 2.05) is 19.1 Å². The van der Waals surface area contributed by atoms with Crippen LogP contribution in [0.1, 0.15) is 58.5 Å². The Kier molecular flexibility index (Phi) is 7.46. The van der Waals surface area contributed by atoms with Crippen LogP contribution in [0.15, 0.2) is 66.7 Å². The predicted octanol–water partition coefficient (Wildman–Crippen LogP) is 5.00. The molecule has 3 aromatic rings. The summed E-state index contributed by atoms with van der Waals surface area (Å²) in [4.78, 5) is 25.7. The fourth-order valence-electron chi connectivity index (χ4n) is 3.23. The average Bonchev–Trinajstić information content (AvgIpc) is 2.81. The Morgan fingerprint density at radius 1 is 0.879 bits per heavy atom. The number of nitrogen functional groups attached to an aromatic ring is 1. The summed E-state index contributed by atoms with van der Waals surface area (Å²) in [5.74, 6) is 0.127. The SMILES string of the molecule is CCOc1ccc(NC(=O)c2cccc(C(=N)N)c2)c(NC(=O)c2ccc(C(C)C)cc2)c1. The first-order valence-corrected chi connectivity index (χ1v) is 10.7. The van der Waals surface area contributed by atoms with Gasteiger partial charge in [0, 0.05) is 22.8 Å². The van der Waals surface area contributed by atoms with Crippen LogP contribution in [0.5, 0.6) is 5.75 Å². The average molecular weight is 445 g/mol. The third kappa shape index (κ3) is 5.98. The monoisotopic (exact) mass is 444 g/mol. The largest absolute Gasteiger partial charge is 0.494 e. The number of carbonyl (C=O) groups is 2. The van der Waals surface area contributed by atoms with Gasteiger partial charge in [-0.2, -0.15) is 0 Å². The van der Waals surface area contributed by atoms with Crippen LogP contribution in [-0.4, -0.2) is 24.3 Å². The standard InChI is InChI=1S/C26H28N4O3/c1-4-33-21-12-13-22(29-26(32)20-7-5-6-19(14-20)24(27)28)23(15-21)30-25(31)18-10-8-17(9-11-18)16(2)3/h5-16H,4H2,1-3H3,(H3,27,28)(H,29,32)(H,30,31). The predicted molar refractivity (Wildman–Crippen MR) is 132 cm³/mol. The molecule has 33 heavy (non-hydrogen) atoms. The zero-order valence-corrected chi connectivity index (χ0v) is 18.9. The Balaban J connectivity index is 1.86. The van der Waals surface area contributed by atoms with E-state index in [9.17, 15) is 9.59 Å². The number of hydrogen-bond acceptors (Lipinski definition) is 4. The lowest BCUT2D eigenvalue weighted by Crippen LogP contribution is -2.18. The number of anilines is 2. The Hall–Kier alpha value is -4.13. The van der Waals surface area contributed by atoms with Crippen molar-refractivity contribution in [3.05, 3.63) is 89.0 Å². The van der Waals surface area contributed by atoms with Crippen LogP contribution in [-0.2, 0) is 0 Å². The molecule has 0 atom stereocenters. The summed E-state index contributed by atoms with van der Waals surface area (Å²) in [5, 5.41) is 13.3. The van der Waals surface area contributed by atoms with Gasteiger partial charge < -0.3 is 21.1 Å². The van der Waals surface area contributed by atoms with E-state index < -0.39 is 0 Å². The Morgan fingerprint density at radius 3 is 2.15 bits per heavy atom. The van der Waals surface area contributed by atoms with Crippen molar-refractivity contribution in [2.45, 2.75) is 26.7 Å². The second-order valence-corrected chi connectivity index (χ2v) is 7.82. The number of amidine groups is 1. The molecule has 2 amide bonds. The number of amides is 2. The second-order valence-electron chi connectivity index (χ2n) is 7.82. The lowest BCUT2D eigenvalue weighted by molar-refractivity contribution is 0.101. The van der Waals surface area contributed by atoms with E-state index >= 15 is 0 Å². The minimum absolute atomic E-state index is 0.123. The molecule has 0 fully saturated rings. The number of nitrogens with one attached hydrogen (secondary N) is 3. The molecular formula is C26H28N4O3. The van der Waals surface area contributed by atoms with E-state index in [1.54, 1.807) is 54.6 Å². The van der Waals surface area contributed by atoms with Crippen molar-refractivity contribution >= 4 is 29.0 Å². The number of carbonyl (C=O) groups excluding carboxylic acids is 2. The van der Waals surface area contributed by atoms with Crippen molar-refractivity contribution in [1.82, 2.24) is 0 Å². The summed E-state index contributed by atoms with van der Waals surface area (Å²) in [5.41, 5.74) is 8.81. The fraction of sp³-hybridized carbons (Fsp3) is 0.192. The van der Waals surface area contributed by atoms with Gasteiger partial charge in [-0.3, -0.25) is 15.0 Å². The molecule has 170 valence electrons. The highest BCUT2D eigenvalue weighted by Gasteiger charge is 2.15. The smallest absolute Gasteiger partial charge is 0.255 e. The van der Waals surface area contributed by atoms with Crippen LogP contribution >= 0.6 is 0 Å². The van der Waals surface area contributed by atoms with Crippen molar-refractivity contribution in [2.24, 2.45) is 5.73 Å². The Labute approximate surface area is 193 Å². The van der Waals surface area contributed by atoms with E-state index in [0.717, 1.165) is 5.56 Å². The van der Waals surface area contributed by atoms with Crippen LogP contribution in [0.2, 0.25) is 0 Å². The van der Waals surface area contributed by atoms with Crippen LogP contribution in [0.3, 0.4) is 0 Å². The van der Waals surface area contributed by atoms with Gasteiger partial charge in [-0.25, -0.2) is 0 Å². The summed E-state index contributed by atoms with van der Waals surface area (Å²) in [6.07, 6.45) is 0. The fourth-order valence-corrected chi connectivity index (χ4v) is 3.23. The Morgan fingerprint density at radius 2 is 1.52 bits per heavy atom. The molecule has 0 radical (unpaired) electrons. The summed E-state index contributed by atoms with van der Waals surface area (Å²) in [6, 6.07) is 19.0. The summed E-state index contributed by atoms with van der Waals surface area (Å²) in [6.45, 7) is 6.52. The zero-order valence-electron chi connectivity index (χ0n) is 18.9. The first-order chi connectivity index (χ1) is 15.8. The molecule has 0 heterocycles. The lowest BCUT2D eigenvalue weighted by Gasteiger charge is -2.15. The molecule has 0 aromatic heterocycles. The minimum Gasteiger partial charge on any atom is -0.494 e. The van der Waals surface area contributed by atoms with Gasteiger partial charge in [0.05, 0.1) is 18.0 Å². The molecular weight excluding hydrogens is 416 g/mol. The van der Waals surface area contributed by atoms with Gasteiger partial charge >= 0.3 is 0 Å². The van der Waals surface area contributed by atoms with Crippen LogP contribution in [0, 0.1) is 5.41 Å². The molecule has 3 aromatic carbocycles. The molecule has 0 aliphatic carbocycles. The highest BCUT2D eigenvalue weighted by molar-refractivity contribution is 6.10. The molecule has 0 bridgehead atoms. The second kappa shape index (κ2) is 10.5. The molecule has 0 aliphatic rings. The van der Waals surface area contributed by atoms with Crippen molar-refractivity contribution < 1.29 is 14.3 Å². The number of hydrogen-bond donors (Lipinski definition) is 4. The molecule has 7 nitrogen and oxygen atoms in total. The molecule has 0 saturated carbocycles. The zero-order chi connectivity index (χ0) is 24.0. The van der Waals surface area contributed by atoms with Crippen molar-refractivity contribution in [2.75, 3.05) is 17.2 Å². The van der Waals surface area contributed by atoms with Crippen molar-refractivity contribution in [3.63, 3.8) is 0 Å². The maximum atomic E-state index is 12.9. The van der Waals surface area contributed by atoms with Crippen molar-refractivity contribution in [3.8, 4) is 5.75 Å². The molecule has 0 spiro atoms. The van der Waals surface area contributed by atoms with Gasteiger partial charge in [-0.1, -0.05) is 38.1 Å². The number of nitrogens with two attached hydrogens (primary N) is 1. The lowest BCUT2D eigenvalue weighted by atomic mass is 10.0. The number of rotatable bonds is 8. The van der Waals surface area contributed by atoms with Gasteiger partial charge in [0.15, 0.2) is 0 Å².